The number of ketones is 2. The summed E-state index contributed by atoms with van der Waals surface area (Å²) < 4.78 is 0. The predicted octanol–water partition coefficient (Wildman–Crippen LogP) is 4.93. The van der Waals surface area contributed by atoms with Crippen LogP contribution in [0.2, 0.25) is 0 Å². The summed E-state index contributed by atoms with van der Waals surface area (Å²) in [6, 6.07) is 0. The van der Waals surface area contributed by atoms with E-state index in [1.807, 2.05) is 41.5 Å². The summed E-state index contributed by atoms with van der Waals surface area (Å²) in [4.78, 5) is 52.6. The molecule has 1 heterocycles. The van der Waals surface area contributed by atoms with E-state index in [2.05, 4.69) is 5.32 Å². The number of nitrogens with one attached hydrogen (secondary N) is 1. The highest BCUT2D eigenvalue weighted by Gasteiger charge is 2.61. The van der Waals surface area contributed by atoms with Gasteiger partial charge in [0.25, 0.3) is 5.91 Å². The van der Waals surface area contributed by atoms with Crippen molar-refractivity contribution in [2.75, 3.05) is 0 Å². The molecule has 3 aliphatic rings. The molecule has 5 heteroatoms. The fraction of sp³-hybridized carbons (Fsp3) is 0.769. The van der Waals surface area contributed by atoms with Crippen LogP contribution in [0.4, 0.5) is 0 Å². The van der Waals surface area contributed by atoms with Crippen molar-refractivity contribution in [2.24, 2.45) is 28.1 Å². The zero-order valence-corrected chi connectivity index (χ0v) is 20.2. The first-order chi connectivity index (χ1) is 14.3. The lowest BCUT2D eigenvalue weighted by Gasteiger charge is -2.43. The van der Waals surface area contributed by atoms with Gasteiger partial charge in [-0.3, -0.25) is 24.5 Å². The minimum atomic E-state index is -1.17. The van der Waals surface area contributed by atoms with E-state index < -0.39 is 28.1 Å². The van der Waals surface area contributed by atoms with Crippen LogP contribution >= 0.6 is 0 Å². The quantitative estimate of drug-likeness (QED) is 0.629. The van der Waals surface area contributed by atoms with E-state index in [4.69, 9.17) is 0 Å². The molecule has 0 saturated heterocycles. The Morgan fingerprint density at radius 3 is 2.16 bits per heavy atom. The summed E-state index contributed by atoms with van der Waals surface area (Å²) in [5, 5.41) is 2.51. The van der Waals surface area contributed by atoms with Crippen molar-refractivity contribution in [2.45, 2.75) is 99.3 Å². The Balaban J connectivity index is 1.96. The lowest BCUT2D eigenvalue weighted by Crippen LogP contribution is -2.52. The van der Waals surface area contributed by atoms with Gasteiger partial charge in [0, 0.05) is 24.8 Å². The van der Waals surface area contributed by atoms with Crippen LogP contribution in [0.1, 0.15) is 99.3 Å². The maximum atomic E-state index is 13.6. The van der Waals surface area contributed by atoms with E-state index in [0.717, 1.165) is 6.42 Å². The molecule has 0 aromatic heterocycles. The van der Waals surface area contributed by atoms with Gasteiger partial charge >= 0.3 is 0 Å². The molecule has 172 valence electrons. The molecule has 1 saturated carbocycles. The summed E-state index contributed by atoms with van der Waals surface area (Å²) in [6.45, 7) is 11.7. The third kappa shape index (κ3) is 4.29. The average molecular weight is 430 g/mol. The topological polar surface area (TPSA) is 80.3 Å². The smallest absolute Gasteiger partial charge is 0.254 e. The van der Waals surface area contributed by atoms with Gasteiger partial charge in [0.1, 0.15) is 11.6 Å². The third-order valence-electron chi connectivity index (χ3n) is 7.81. The Bertz CT molecular complexity index is 817. The zero-order chi connectivity index (χ0) is 23.2. The molecule has 2 aliphatic carbocycles. The minimum Gasteiger partial charge on any atom is -0.300 e. The average Bonchev–Trinajstić information content (AvgIpc) is 2.92. The monoisotopic (exact) mass is 429 g/mol. The van der Waals surface area contributed by atoms with Crippen LogP contribution in [-0.2, 0) is 19.2 Å². The molecule has 2 amide bonds. The first-order valence-electron chi connectivity index (χ1n) is 11.9. The molecule has 2 atom stereocenters. The third-order valence-corrected chi connectivity index (χ3v) is 7.81. The predicted molar refractivity (Wildman–Crippen MR) is 120 cm³/mol. The van der Waals surface area contributed by atoms with Crippen molar-refractivity contribution in [1.82, 2.24) is 5.32 Å². The van der Waals surface area contributed by atoms with E-state index >= 15 is 0 Å². The van der Waals surface area contributed by atoms with E-state index in [0.29, 0.717) is 23.5 Å². The minimum absolute atomic E-state index is 0.0549. The lowest BCUT2D eigenvalue weighted by molar-refractivity contribution is -0.139. The van der Waals surface area contributed by atoms with Gasteiger partial charge in [-0.1, -0.05) is 73.6 Å². The molecule has 5 nitrogen and oxygen atoms in total. The molecule has 1 aliphatic heterocycles. The van der Waals surface area contributed by atoms with Crippen LogP contribution in [0.5, 0.6) is 0 Å². The second kappa shape index (κ2) is 8.29. The summed E-state index contributed by atoms with van der Waals surface area (Å²) in [5.74, 6) is -0.794. The summed E-state index contributed by atoms with van der Waals surface area (Å²) in [6.07, 6.45) is 7.60. The van der Waals surface area contributed by atoms with E-state index in [9.17, 15) is 19.2 Å². The van der Waals surface area contributed by atoms with Crippen LogP contribution in [0.15, 0.2) is 11.1 Å². The number of carbonyl (C=O) groups excluding carboxylic acids is 4. The number of carbonyl (C=O) groups is 4. The molecule has 1 N–H and O–H groups in total. The number of hydrogen-bond acceptors (Lipinski definition) is 4. The van der Waals surface area contributed by atoms with Crippen LogP contribution < -0.4 is 5.32 Å². The standard InChI is InChI=1S/C26H39NO4/c1-24(2,3)20-18-14-19(29)26(25(4,5)6,21(18)23(31)27-22(20)30)15-17(28)13-12-16-10-8-7-9-11-16/h16,20H,7-15H2,1-6H3,(H,27,30,31). The Kier molecular flexibility index (Phi) is 6.38. The van der Waals surface area contributed by atoms with Crippen molar-refractivity contribution in [3.8, 4) is 0 Å². The molecule has 0 bridgehead atoms. The molecule has 0 aromatic rings. The van der Waals surface area contributed by atoms with Gasteiger partial charge in [0.15, 0.2) is 0 Å². The van der Waals surface area contributed by atoms with Gasteiger partial charge in [0.2, 0.25) is 5.91 Å². The Morgan fingerprint density at radius 2 is 1.61 bits per heavy atom. The molecular weight excluding hydrogens is 390 g/mol. The van der Waals surface area contributed by atoms with Crippen LogP contribution in [-0.4, -0.2) is 23.4 Å². The van der Waals surface area contributed by atoms with Gasteiger partial charge in [-0.25, -0.2) is 0 Å². The lowest BCUT2D eigenvalue weighted by atomic mass is 9.58. The Hall–Kier alpha value is -1.78. The highest BCUT2D eigenvalue weighted by atomic mass is 16.2. The van der Waals surface area contributed by atoms with Crippen LogP contribution in [0, 0.1) is 28.1 Å². The van der Waals surface area contributed by atoms with E-state index in [1.165, 1.54) is 32.1 Å². The summed E-state index contributed by atoms with van der Waals surface area (Å²) in [7, 11) is 0. The Morgan fingerprint density at radius 1 is 1.00 bits per heavy atom. The fourth-order valence-electron chi connectivity index (χ4n) is 6.20. The number of Topliss-reactive ketones (excluding diaryl/α,β-unsaturated/α-hetero) is 2. The van der Waals surface area contributed by atoms with Gasteiger partial charge in [-0.2, -0.15) is 0 Å². The SMILES string of the molecule is CC(C)(C)C1C(=O)NC(=O)C2=C1CC(=O)C2(CC(=O)CCC1CCCCC1)C(C)(C)C. The molecule has 2 unspecified atom stereocenters. The first-order valence-corrected chi connectivity index (χ1v) is 11.9. The number of rotatable bonds is 5. The second-order valence-corrected chi connectivity index (χ2v) is 12.0. The molecule has 3 rings (SSSR count). The van der Waals surface area contributed by atoms with Crippen LogP contribution in [0.3, 0.4) is 0 Å². The van der Waals surface area contributed by atoms with Gasteiger partial charge in [-0.15, -0.1) is 0 Å². The zero-order valence-electron chi connectivity index (χ0n) is 20.2. The maximum Gasteiger partial charge on any atom is 0.254 e. The van der Waals surface area contributed by atoms with Crippen molar-refractivity contribution in [3.63, 3.8) is 0 Å². The summed E-state index contributed by atoms with van der Waals surface area (Å²) in [5.41, 5.74) is -1.16. The number of amides is 2. The van der Waals surface area contributed by atoms with Gasteiger partial charge < -0.3 is 0 Å². The van der Waals surface area contributed by atoms with Crippen molar-refractivity contribution in [3.05, 3.63) is 11.1 Å². The molecule has 1 fully saturated rings. The maximum absolute atomic E-state index is 13.6. The molecule has 0 aromatic carbocycles. The fourth-order valence-corrected chi connectivity index (χ4v) is 6.20. The highest BCUT2D eigenvalue weighted by Crippen LogP contribution is 2.58. The molecule has 31 heavy (non-hydrogen) atoms. The normalized spacial score (nSPS) is 28.1. The molecule has 0 radical (unpaired) electrons. The van der Waals surface area contributed by atoms with Gasteiger partial charge in [-0.05, 0) is 28.7 Å². The van der Waals surface area contributed by atoms with Crippen molar-refractivity contribution < 1.29 is 19.2 Å². The Labute approximate surface area is 186 Å². The second-order valence-electron chi connectivity index (χ2n) is 12.0. The van der Waals surface area contributed by atoms with E-state index in [1.54, 1.807) is 0 Å². The summed E-state index contributed by atoms with van der Waals surface area (Å²) >= 11 is 0. The van der Waals surface area contributed by atoms with Crippen LogP contribution in [0.25, 0.3) is 0 Å². The number of imide groups is 1. The molecular formula is C26H39NO4. The number of hydrogen-bond donors (Lipinski definition) is 1. The molecule has 0 spiro atoms. The largest absolute Gasteiger partial charge is 0.300 e. The van der Waals surface area contributed by atoms with Gasteiger partial charge in [0.05, 0.1) is 11.3 Å². The first kappa shape index (κ1) is 23.9. The van der Waals surface area contributed by atoms with Crippen molar-refractivity contribution in [1.29, 1.82) is 0 Å². The van der Waals surface area contributed by atoms with E-state index in [-0.39, 0.29) is 30.3 Å². The highest BCUT2D eigenvalue weighted by molar-refractivity contribution is 6.18. The van der Waals surface area contributed by atoms with Crippen molar-refractivity contribution >= 4 is 23.4 Å².